The van der Waals surface area contributed by atoms with E-state index in [9.17, 15) is 18.0 Å². The molecule has 0 radical (unpaired) electrons. The molecule has 0 bridgehead atoms. The second-order valence-electron chi connectivity index (χ2n) is 7.33. The fourth-order valence-electron chi connectivity index (χ4n) is 3.21. The number of benzene rings is 2. The minimum absolute atomic E-state index is 0.00270. The Kier molecular flexibility index (Phi) is 7.41. The van der Waals surface area contributed by atoms with Crippen LogP contribution in [0.4, 0.5) is 10.8 Å². The Hall–Kier alpha value is -3.06. The standard InChI is InChI=1S/C21H20ClN5O5S2/c22-14-9-7-13(8-10-14)18(28)24-20-25-26-21(33-20)34(30,31)27-17-6-2-1-5-16(17)19(29)23-12-15-4-3-11-32-15/h1-2,5-10,15,27H,3-4,11-12H2,(H,23,29)(H,24,25,28). The minimum Gasteiger partial charge on any atom is -0.376 e. The number of halogens is 1. The summed E-state index contributed by atoms with van der Waals surface area (Å²) in [5.41, 5.74) is 0.573. The number of para-hydroxylation sites is 1. The van der Waals surface area contributed by atoms with Crippen molar-refractivity contribution >= 4 is 55.6 Å². The fourth-order valence-corrected chi connectivity index (χ4v) is 5.31. The Bertz CT molecular complexity index is 1290. The van der Waals surface area contributed by atoms with E-state index in [0.29, 0.717) is 35.1 Å². The Balaban J connectivity index is 1.44. The number of carbonyl (C=O) groups is 2. The highest BCUT2D eigenvalue weighted by Crippen LogP contribution is 2.25. The van der Waals surface area contributed by atoms with E-state index < -0.39 is 21.8 Å². The van der Waals surface area contributed by atoms with Crippen LogP contribution in [0, 0.1) is 0 Å². The van der Waals surface area contributed by atoms with Crippen LogP contribution in [0.15, 0.2) is 52.9 Å². The van der Waals surface area contributed by atoms with Gasteiger partial charge in [-0.05, 0) is 49.2 Å². The van der Waals surface area contributed by atoms with Gasteiger partial charge in [0.15, 0.2) is 0 Å². The molecule has 34 heavy (non-hydrogen) atoms. The van der Waals surface area contributed by atoms with Gasteiger partial charge >= 0.3 is 0 Å². The number of nitrogens with zero attached hydrogens (tertiary/aromatic N) is 2. The molecule has 0 saturated carbocycles. The first-order chi connectivity index (χ1) is 16.3. The maximum absolute atomic E-state index is 12.9. The molecule has 2 heterocycles. The Labute approximate surface area is 204 Å². The fraction of sp³-hybridized carbons (Fsp3) is 0.238. The molecule has 4 rings (SSSR count). The van der Waals surface area contributed by atoms with Crippen molar-refractivity contribution in [2.45, 2.75) is 23.3 Å². The number of anilines is 2. The molecule has 1 unspecified atom stereocenters. The third-order valence-corrected chi connectivity index (χ3v) is 7.72. The van der Waals surface area contributed by atoms with E-state index in [1.807, 2.05) is 0 Å². The van der Waals surface area contributed by atoms with Gasteiger partial charge in [-0.2, -0.15) is 8.42 Å². The molecule has 1 atom stereocenters. The van der Waals surface area contributed by atoms with Gasteiger partial charge in [0.25, 0.3) is 26.2 Å². The molecule has 0 aliphatic carbocycles. The van der Waals surface area contributed by atoms with Gasteiger partial charge in [-0.1, -0.05) is 35.1 Å². The van der Waals surface area contributed by atoms with E-state index in [-0.39, 0.29) is 26.8 Å². The van der Waals surface area contributed by atoms with Crippen molar-refractivity contribution in [2.24, 2.45) is 0 Å². The summed E-state index contributed by atoms with van der Waals surface area (Å²) in [4.78, 5) is 25.0. The molecule has 13 heteroatoms. The van der Waals surface area contributed by atoms with Crippen molar-refractivity contribution in [3.63, 3.8) is 0 Å². The van der Waals surface area contributed by atoms with Crippen LogP contribution >= 0.6 is 22.9 Å². The smallest absolute Gasteiger partial charge is 0.291 e. The molecule has 3 aromatic rings. The lowest BCUT2D eigenvalue weighted by molar-refractivity contribution is 0.0858. The van der Waals surface area contributed by atoms with E-state index in [2.05, 4.69) is 25.6 Å². The topological polar surface area (TPSA) is 139 Å². The van der Waals surface area contributed by atoms with Crippen LogP contribution in [-0.2, 0) is 14.8 Å². The van der Waals surface area contributed by atoms with Gasteiger partial charge in [-0.3, -0.25) is 19.6 Å². The average molecular weight is 522 g/mol. The monoisotopic (exact) mass is 521 g/mol. The first-order valence-electron chi connectivity index (χ1n) is 10.2. The number of rotatable bonds is 8. The highest BCUT2D eigenvalue weighted by Gasteiger charge is 2.24. The molecule has 1 fully saturated rings. The lowest BCUT2D eigenvalue weighted by Crippen LogP contribution is -2.32. The lowest BCUT2D eigenvalue weighted by Gasteiger charge is -2.13. The molecular weight excluding hydrogens is 502 g/mol. The maximum atomic E-state index is 12.9. The Morgan fingerprint density at radius 2 is 1.85 bits per heavy atom. The minimum atomic E-state index is -4.16. The van der Waals surface area contributed by atoms with Gasteiger partial charge in [-0.25, -0.2) is 0 Å². The number of sulfonamides is 1. The number of nitrogens with one attached hydrogen (secondary N) is 3. The summed E-state index contributed by atoms with van der Waals surface area (Å²) in [6.45, 7) is 1.01. The van der Waals surface area contributed by atoms with Gasteiger partial charge in [0.05, 0.1) is 17.4 Å². The zero-order chi connectivity index (χ0) is 24.1. The summed E-state index contributed by atoms with van der Waals surface area (Å²) >= 11 is 6.50. The summed E-state index contributed by atoms with van der Waals surface area (Å²) in [6, 6.07) is 12.4. The van der Waals surface area contributed by atoms with Crippen LogP contribution in [0.3, 0.4) is 0 Å². The van der Waals surface area contributed by atoms with Crippen LogP contribution in [0.1, 0.15) is 33.6 Å². The highest BCUT2D eigenvalue weighted by molar-refractivity contribution is 7.94. The number of aromatic nitrogens is 2. The predicted octanol–water partition coefficient (Wildman–Crippen LogP) is 3.15. The first-order valence-corrected chi connectivity index (χ1v) is 12.9. The molecule has 1 aliphatic heterocycles. The second kappa shape index (κ2) is 10.5. The van der Waals surface area contributed by atoms with Crippen molar-refractivity contribution in [3.05, 3.63) is 64.7 Å². The van der Waals surface area contributed by atoms with Crippen LogP contribution in [0.25, 0.3) is 0 Å². The molecule has 3 N–H and O–H groups in total. The Morgan fingerprint density at radius 1 is 1.09 bits per heavy atom. The van der Waals surface area contributed by atoms with Crippen LogP contribution < -0.4 is 15.4 Å². The van der Waals surface area contributed by atoms with Crippen molar-refractivity contribution in [1.82, 2.24) is 15.5 Å². The zero-order valence-corrected chi connectivity index (χ0v) is 20.0. The normalized spacial score (nSPS) is 15.6. The summed E-state index contributed by atoms with van der Waals surface area (Å²) in [5, 5.41) is 13.2. The number of hydrogen-bond donors (Lipinski definition) is 3. The third-order valence-electron chi connectivity index (χ3n) is 4.89. The molecule has 1 aromatic heterocycles. The van der Waals surface area contributed by atoms with E-state index in [1.54, 1.807) is 24.3 Å². The van der Waals surface area contributed by atoms with E-state index in [0.717, 1.165) is 12.8 Å². The van der Waals surface area contributed by atoms with Gasteiger partial charge in [0.1, 0.15) is 0 Å². The summed E-state index contributed by atoms with van der Waals surface area (Å²) in [7, 11) is -4.16. The second-order valence-corrected chi connectivity index (χ2v) is 10.6. The van der Waals surface area contributed by atoms with Crippen LogP contribution in [0.2, 0.25) is 5.02 Å². The average Bonchev–Trinajstić information content (AvgIpc) is 3.51. The SMILES string of the molecule is O=C(Nc1nnc(S(=O)(=O)Nc2ccccc2C(=O)NCC2CCCO2)s1)c1ccc(Cl)cc1. The van der Waals surface area contributed by atoms with Gasteiger partial charge in [-0.15, -0.1) is 10.2 Å². The maximum Gasteiger partial charge on any atom is 0.291 e. The molecule has 0 spiro atoms. The molecular formula is C21H20ClN5O5S2. The molecule has 1 aliphatic rings. The molecule has 178 valence electrons. The van der Waals surface area contributed by atoms with E-state index in [4.69, 9.17) is 16.3 Å². The number of carbonyl (C=O) groups excluding carboxylic acids is 2. The zero-order valence-electron chi connectivity index (χ0n) is 17.7. The summed E-state index contributed by atoms with van der Waals surface area (Å²) in [6.07, 6.45) is 1.76. The third kappa shape index (κ3) is 5.89. The molecule has 10 nitrogen and oxygen atoms in total. The van der Waals surface area contributed by atoms with Crippen LogP contribution in [-0.4, -0.2) is 49.7 Å². The number of hydrogen-bond acceptors (Lipinski definition) is 8. The van der Waals surface area contributed by atoms with E-state index in [1.165, 1.54) is 24.3 Å². The molecule has 2 amide bonds. The predicted molar refractivity (Wildman–Crippen MR) is 128 cm³/mol. The Morgan fingerprint density at radius 3 is 2.59 bits per heavy atom. The lowest BCUT2D eigenvalue weighted by atomic mass is 10.1. The summed E-state index contributed by atoms with van der Waals surface area (Å²) in [5.74, 6) is -0.917. The van der Waals surface area contributed by atoms with Gasteiger partial charge < -0.3 is 10.1 Å². The number of amides is 2. The van der Waals surface area contributed by atoms with E-state index >= 15 is 0 Å². The summed E-state index contributed by atoms with van der Waals surface area (Å²) < 4.78 is 33.2. The van der Waals surface area contributed by atoms with Gasteiger partial charge in [0.2, 0.25) is 5.13 Å². The number of ether oxygens (including phenoxy) is 1. The molecule has 2 aromatic carbocycles. The quantitative estimate of drug-likeness (QED) is 0.387. The van der Waals surface area contributed by atoms with Crippen molar-refractivity contribution < 1.29 is 22.7 Å². The largest absolute Gasteiger partial charge is 0.376 e. The van der Waals surface area contributed by atoms with Crippen molar-refractivity contribution in [1.29, 1.82) is 0 Å². The first kappa shape index (κ1) is 24.1. The van der Waals surface area contributed by atoms with Crippen molar-refractivity contribution in [2.75, 3.05) is 23.2 Å². The van der Waals surface area contributed by atoms with Crippen LogP contribution in [0.5, 0.6) is 0 Å². The van der Waals surface area contributed by atoms with Gasteiger partial charge in [0, 0.05) is 23.7 Å². The highest BCUT2D eigenvalue weighted by atomic mass is 35.5. The van der Waals surface area contributed by atoms with Crippen molar-refractivity contribution in [3.8, 4) is 0 Å². The molecule has 1 saturated heterocycles.